The van der Waals surface area contributed by atoms with Gasteiger partial charge in [0, 0.05) is 50.8 Å². The quantitative estimate of drug-likeness (QED) is 0.135. The zero-order valence-electron chi connectivity index (χ0n) is 41.0. The molecule has 350 valence electrons. The average Bonchev–Trinajstić information content (AvgIpc) is 3.51. The minimum Gasteiger partial charge on any atom is -0.311 e. The van der Waals surface area contributed by atoms with Crippen molar-refractivity contribution in [3.8, 4) is 78.4 Å². The Bertz CT molecular complexity index is 3770. The maximum absolute atomic E-state index is 5.48. The minimum atomic E-state index is -0.141. The zero-order valence-corrected chi connectivity index (χ0v) is 41.0. The number of rotatable bonds is 9. The van der Waals surface area contributed by atoms with Crippen LogP contribution >= 0.6 is 0 Å². The Balaban J connectivity index is 1.07. The van der Waals surface area contributed by atoms with E-state index >= 15 is 0 Å². The largest absolute Gasteiger partial charge is 0.311 e. The number of hydrogen-bond acceptors (Lipinski definition) is 4. The number of anilines is 6. The fraction of sp³-hybridized carbons (Fsp3) is 0. The summed E-state index contributed by atoms with van der Waals surface area (Å²) in [6, 6.07) is 103. The van der Waals surface area contributed by atoms with Gasteiger partial charge in [0.1, 0.15) is 0 Å². The first kappa shape index (κ1) is 43.9. The van der Waals surface area contributed by atoms with E-state index in [0.717, 1.165) is 73.3 Å². The molecule has 4 nitrogen and oxygen atoms in total. The van der Waals surface area contributed by atoms with Crippen LogP contribution in [0.15, 0.2) is 285 Å². The third-order valence-corrected chi connectivity index (χ3v) is 14.9. The number of nitrogens with zero attached hydrogens (tertiary/aromatic N) is 4. The van der Waals surface area contributed by atoms with Crippen LogP contribution in [0.5, 0.6) is 0 Å². The predicted molar refractivity (Wildman–Crippen MR) is 314 cm³/mol. The van der Waals surface area contributed by atoms with Gasteiger partial charge in [0.2, 0.25) is 0 Å². The van der Waals surface area contributed by atoms with Gasteiger partial charge in [0.25, 0.3) is 6.71 Å². The Kier molecular flexibility index (Phi) is 10.9. The molecule has 5 heteroatoms. The van der Waals surface area contributed by atoms with Gasteiger partial charge in [0.05, 0.1) is 11.4 Å². The van der Waals surface area contributed by atoms with E-state index in [4.69, 9.17) is 9.97 Å². The smallest absolute Gasteiger partial charge is 0.252 e. The van der Waals surface area contributed by atoms with Crippen LogP contribution in [0.4, 0.5) is 34.1 Å². The molecule has 2 aliphatic heterocycles. The van der Waals surface area contributed by atoms with Crippen LogP contribution in [0.1, 0.15) is 0 Å². The molecule has 0 atom stereocenters. The van der Waals surface area contributed by atoms with E-state index in [2.05, 4.69) is 295 Å². The normalized spacial score (nSPS) is 12.2. The number of hydrogen-bond donors (Lipinski definition) is 0. The summed E-state index contributed by atoms with van der Waals surface area (Å²) >= 11 is 0. The fourth-order valence-electron chi connectivity index (χ4n) is 11.3. The molecule has 3 heterocycles. The van der Waals surface area contributed by atoms with Gasteiger partial charge in [-0.1, -0.05) is 231 Å². The molecule has 75 heavy (non-hydrogen) atoms. The molecule has 0 fully saturated rings. The van der Waals surface area contributed by atoms with Crippen molar-refractivity contribution in [2.75, 3.05) is 9.80 Å². The molecule has 1 aromatic heterocycles. The molecule has 2 aliphatic rings. The van der Waals surface area contributed by atoms with E-state index in [1.165, 1.54) is 49.8 Å². The summed E-state index contributed by atoms with van der Waals surface area (Å²) in [5.74, 6) is 0.653. The van der Waals surface area contributed by atoms with E-state index in [9.17, 15) is 0 Å². The van der Waals surface area contributed by atoms with E-state index in [1.54, 1.807) is 0 Å². The second-order valence-corrected chi connectivity index (χ2v) is 19.3. The lowest BCUT2D eigenvalue weighted by molar-refractivity contribution is 1.18. The maximum Gasteiger partial charge on any atom is 0.252 e. The predicted octanol–water partition coefficient (Wildman–Crippen LogP) is 16.2. The molecule has 12 aromatic rings. The Morgan fingerprint density at radius 2 is 0.547 bits per heavy atom. The van der Waals surface area contributed by atoms with Crippen molar-refractivity contribution >= 4 is 57.2 Å². The zero-order chi connectivity index (χ0) is 49.7. The Labute approximate surface area is 438 Å². The third kappa shape index (κ3) is 7.99. The second kappa shape index (κ2) is 18.6. The molecule has 0 spiro atoms. The van der Waals surface area contributed by atoms with Gasteiger partial charge in [-0.2, -0.15) is 0 Å². The summed E-state index contributed by atoms with van der Waals surface area (Å²) in [4.78, 5) is 15.9. The topological polar surface area (TPSA) is 32.3 Å². The Morgan fingerprint density at radius 1 is 0.240 bits per heavy atom. The lowest BCUT2D eigenvalue weighted by Gasteiger charge is -2.44. The summed E-state index contributed by atoms with van der Waals surface area (Å²) in [6.45, 7) is -0.141. The van der Waals surface area contributed by atoms with Crippen molar-refractivity contribution in [3.05, 3.63) is 285 Å². The second-order valence-electron chi connectivity index (χ2n) is 19.3. The van der Waals surface area contributed by atoms with Gasteiger partial charge in [-0.05, 0) is 115 Å². The van der Waals surface area contributed by atoms with Gasteiger partial charge in [-0.3, -0.25) is 0 Å². The molecule has 14 rings (SSSR count). The number of fused-ring (bicyclic) bond motifs is 4. The monoisotopic (exact) mass is 954 g/mol. The Morgan fingerprint density at radius 3 is 0.907 bits per heavy atom. The first-order valence-electron chi connectivity index (χ1n) is 25.7. The molecule has 0 unspecified atom stereocenters. The van der Waals surface area contributed by atoms with Gasteiger partial charge < -0.3 is 9.80 Å². The van der Waals surface area contributed by atoms with E-state index in [-0.39, 0.29) is 6.71 Å². The summed E-state index contributed by atoms with van der Waals surface area (Å²) in [7, 11) is 0. The van der Waals surface area contributed by atoms with E-state index in [0.29, 0.717) is 5.82 Å². The van der Waals surface area contributed by atoms with Crippen LogP contribution < -0.4 is 26.2 Å². The highest BCUT2D eigenvalue weighted by Gasteiger charge is 2.44. The molecule has 0 bridgehead atoms. The third-order valence-electron chi connectivity index (χ3n) is 14.9. The molecule has 0 saturated carbocycles. The van der Waals surface area contributed by atoms with Crippen LogP contribution in [-0.4, -0.2) is 16.7 Å². The molecule has 0 aliphatic carbocycles. The van der Waals surface area contributed by atoms with Crippen LogP contribution in [0.25, 0.3) is 78.4 Å². The van der Waals surface area contributed by atoms with Crippen LogP contribution in [0, 0.1) is 0 Å². The summed E-state index contributed by atoms with van der Waals surface area (Å²) in [5, 5.41) is 0. The lowest BCUT2D eigenvalue weighted by Crippen LogP contribution is -2.61. The average molecular weight is 955 g/mol. The van der Waals surface area contributed by atoms with Crippen LogP contribution in [-0.2, 0) is 0 Å². The molecule has 0 N–H and O–H groups in total. The number of aromatic nitrogens is 2. The molecule has 0 saturated heterocycles. The first-order chi connectivity index (χ1) is 37.2. The van der Waals surface area contributed by atoms with Crippen molar-refractivity contribution in [1.82, 2.24) is 9.97 Å². The minimum absolute atomic E-state index is 0.141. The van der Waals surface area contributed by atoms with Crippen molar-refractivity contribution in [2.45, 2.75) is 0 Å². The highest BCUT2D eigenvalue weighted by molar-refractivity contribution is 7.00. The molecular weight excluding hydrogens is 908 g/mol. The highest BCUT2D eigenvalue weighted by Crippen LogP contribution is 2.47. The van der Waals surface area contributed by atoms with Gasteiger partial charge >= 0.3 is 0 Å². The molecule has 11 aromatic carbocycles. The van der Waals surface area contributed by atoms with Gasteiger partial charge in [0.15, 0.2) is 5.82 Å². The van der Waals surface area contributed by atoms with Crippen molar-refractivity contribution in [1.29, 1.82) is 0 Å². The SMILES string of the molecule is c1ccc(-c2ccc(N3c4ccc(-c5ccccc5)cc4B4c5cc(-c6ccccc6)ccc5N(c5ccc(-c6ccccc6)cc5)c5cc(-c6nc(-c7ccccc7)cc(-c7ccccc7)n6)cc3c54)cc2)cc1. The van der Waals surface area contributed by atoms with E-state index in [1.807, 2.05) is 0 Å². The summed E-state index contributed by atoms with van der Waals surface area (Å²) in [6.07, 6.45) is 0. The van der Waals surface area contributed by atoms with Crippen LogP contribution in [0.3, 0.4) is 0 Å². The van der Waals surface area contributed by atoms with Gasteiger partial charge in [-0.15, -0.1) is 0 Å². The van der Waals surface area contributed by atoms with Crippen molar-refractivity contribution in [2.24, 2.45) is 0 Å². The first-order valence-corrected chi connectivity index (χ1v) is 25.7. The number of benzene rings is 11. The fourth-order valence-corrected chi connectivity index (χ4v) is 11.3. The Hall–Kier alpha value is -9.84. The summed E-state index contributed by atoms with van der Waals surface area (Å²) in [5.41, 5.74) is 24.3. The van der Waals surface area contributed by atoms with E-state index < -0.39 is 0 Å². The molecule has 0 amide bonds. The highest BCUT2D eigenvalue weighted by atomic mass is 15.2. The van der Waals surface area contributed by atoms with Crippen molar-refractivity contribution in [3.63, 3.8) is 0 Å². The van der Waals surface area contributed by atoms with Crippen LogP contribution in [0.2, 0.25) is 0 Å². The lowest BCUT2D eigenvalue weighted by atomic mass is 9.33. The maximum atomic E-state index is 5.48. The standard InChI is InChI=1S/C70H47BN4/c1-7-19-48(20-8-1)52-31-37-59(38-32-52)74-65-41-35-56(50-23-11-3-12-24-50)43-61(65)71-62-44-57(51-25-13-4-14-26-51)36-42-66(62)75(60-39-33-53(34-40-60)49-21-9-2-10-22-49)68-46-58(45-67(74)69(68)71)70-72-63(54-27-15-5-16-28-54)47-64(73-70)55-29-17-6-18-30-55/h1-47H. The molecule has 0 radical (unpaired) electrons. The summed E-state index contributed by atoms with van der Waals surface area (Å²) < 4.78 is 0. The van der Waals surface area contributed by atoms with Gasteiger partial charge in [-0.25, -0.2) is 9.97 Å². The molecular formula is C70H47BN4. The van der Waals surface area contributed by atoms with Crippen molar-refractivity contribution < 1.29 is 0 Å².